The Bertz CT molecular complexity index is 369. The van der Waals surface area contributed by atoms with Gasteiger partial charge in [-0.2, -0.15) is 0 Å². The number of rotatable bonds is 3. The van der Waals surface area contributed by atoms with E-state index in [2.05, 4.69) is 5.32 Å². The molecule has 2 N–H and O–H groups in total. The third kappa shape index (κ3) is 2.49. The summed E-state index contributed by atoms with van der Waals surface area (Å²) in [4.78, 5) is 21.8. The molecule has 4 saturated carbocycles. The van der Waals surface area contributed by atoms with E-state index in [-0.39, 0.29) is 6.04 Å². The van der Waals surface area contributed by atoms with Crippen LogP contribution in [-0.4, -0.2) is 23.0 Å². The highest BCUT2D eigenvalue weighted by Crippen LogP contribution is 2.61. The molecule has 1 atom stereocenters. The zero-order valence-electron chi connectivity index (χ0n) is 11.5. The first-order chi connectivity index (χ1) is 8.96. The lowest BCUT2D eigenvalue weighted by Crippen LogP contribution is -2.49. The van der Waals surface area contributed by atoms with Crippen LogP contribution < -0.4 is 5.32 Å². The van der Waals surface area contributed by atoms with Crippen molar-refractivity contribution in [3.8, 4) is 0 Å². The molecule has 0 radical (unpaired) electrons. The predicted molar refractivity (Wildman–Crippen MR) is 70.5 cm³/mol. The molecular formula is C15H23NO3. The Hall–Kier alpha value is -1.06. The molecule has 0 spiro atoms. The number of nitrogens with one attached hydrogen (secondary N) is 1. The van der Waals surface area contributed by atoms with Crippen molar-refractivity contribution < 1.29 is 14.7 Å². The summed E-state index contributed by atoms with van der Waals surface area (Å²) >= 11 is 0. The molecule has 0 aliphatic heterocycles. The molecule has 1 unspecified atom stereocenters. The summed E-state index contributed by atoms with van der Waals surface area (Å²) in [6.45, 7) is 1.94. The first-order valence-corrected chi connectivity index (χ1v) is 7.49. The molecule has 0 aromatic rings. The van der Waals surface area contributed by atoms with Crippen LogP contribution in [0.5, 0.6) is 0 Å². The molecular weight excluding hydrogens is 242 g/mol. The lowest BCUT2D eigenvalue weighted by Gasteiger charge is -2.57. The van der Waals surface area contributed by atoms with Gasteiger partial charge in [-0.05, 0) is 75.0 Å². The summed E-state index contributed by atoms with van der Waals surface area (Å²) in [5.41, 5.74) is 0.389. The van der Waals surface area contributed by atoms with Gasteiger partial charge in [0.05, 0.1) is 0 Å². The van der Waals surface area contributed by atoms with Crippen molar-refractivity contribution in [2.45, 2.75) is 57.9 Å². The maximum absolute atomic E-state index is 11.2. The number of aliphatic carboxylic acids is 1. The van der Waals surface area contributed by atoms with Gasteiger partial charge in [0.15, 0.2) is 0 Å². The number of carboxylic acids is 1. The quantitative estimate of drug-likeness (QED) is 0.769. The lowest BCUT2D eigenvalue weighted by molar-refractivity contribution is -0.150. The smallest absolute Gasteiger partial charge is 0.394 e. The van der Waals surface area contributed by atoms with E-state index in [1.54, 1.807) is 0 Å². The third-order valence-corrected chi connectivity index (χ3v) is 5.48. The number of carbonyl (C=O) groups is 2. The Labute approximate surface area is 113 Å². The van der Waals surface area contributed by atoms with Gasteiger partial charge in [-0.1, -0.05) is 0 Å². The van der Waals surface area contributed by atoms with E-state index in [1.165, 1.54) is 38.5 Å². The van der Waals surface area contributed by atoms with E-state index in [0.29, 0.717) is 5.41 Å². The molecule has 4 bridgehead atoms. The van der Waals surface area contributed by atoms with Gasteiger partial charge in [-0.25, -0.2) is 4.79 Å². The van der Waals surface area contributed by atoms with Crippen LogP contribution in [0.3, 0.4) is 0 Å². The van der Waals surface area contributed by atoms with Crippen molar-refractivity contribution in [1.82, 2.24) is 5.32 Å². The van der Waals surface area contributed by atoms with Crippen LogP contribution >= 0.6 is 0 Å². The highest BCUT2D eigenvalue weighted by Gasteiger charge is 2.51. The molecule has 19 heavy (non-hydrogen) atoms. The van der Waals surface area contributed by atoms with Crippen LogP contribution in [0.25, 0.3) is 0 Å². The Morgan fingerprint density at radius 1 is 1.16 bits per heavy atom. The van der Waals surface area contributed by atoms with Gasteiger partial charge < -0.3 is 10.4 Å². The fraction of sp³-hybridized carbons (Fsp3) is 0.867. The fourth-order valence-corrected chi connectivity index (χ4v) is 5.53. The molecule has 0 saturated heterocycles. The van der Waals surface area contributed by atoms with E-state index in [0.717, 1.165) is 24.2 Å². The van der Waals surface area contributed by atoms with E-state index in [9.17, 15) is 9.59 Å². The zero-order valence-corrected chi connectivity index (χ0v) is 11.5. The second-order valence-corrected chi connectivity index (χ2v) is 7.30. The number of carboxylic acid groups (broad SMARTS) is 1. The van der Waals surface area contributed by atoms with Crippen LogP contribution in [0.2, 0.25) is 0 Å². The molecule has 4 fully saturated rings. The normalized spacial score (nSPS) is 41.0. The minimum atomic E-state index is -1.38. The highest BCUT2D eigenvalue weighted by molar-refractivity contribution is 6.31. The minimum Gasteiger partial charge on any atom is -0.474 e. The second-order valence-electron chi connectivity index (χ2n) is 7.30. The van der Waals surface area contributed by atoms with Crippen molar-refractivity contribution in [2.75, 3.05) is 0 Å². The highest BCUT2D eigenvalue weighted by atomic mass is 16.4. The molecule has 4 nitrogen and oxygen atoms in total. The monoisotopic (exact) mass is 265 g/mol. The molecule has 0 aromatic carbocycles. The lowest BCUT2D eigenvalue weighted by atomic mass is 9.48. The SMILES string of the molecule is CC(CC12CC3CC(CC(C3)C1)C2)NC(=O)C(=O)O. The summed E-state index contributed by atoms with van der Waals surface area (Å²) in [5, 5.41) is 11.3. The number of hydrogen-bond donors (Lipinski definition) is 2. The first-order valence-electron chi connectivity index (χ1n) is 7.49. The topological polar surface area (TPSA) is 66.4 Å². The van der Waals surface area contributed by atoms with E-state index >= 15 is 0 Å². The van der Waals surface area contributed by atoms with Gasteiger partial charge in [-0.3, -0.25) is 4.79 Å². The number of hydrogen-bond acceptors (Lipinski definition) is 2. The second kappa shape index (κ2) is 4.50. The molecule has 0 heterocycles. The average molecular weight is 265 g/mol. The van der Waals surface area contributed by atoms with Crippen LogP contribution in [0.15, 0.2) is 0 Å². The molecule has 0 aromatic heterocycles. The predicted octanol–water partition coefficient (Wildman–Crippen LogP) is 2.18. The molecule has 4 rings (SSSR count). The Kier molecular flexibility index (Phi) is 3.06. The zero-order chi connectivity index (χ0) is 13.6. The molecule has 1 amide bonds. The maximum Gasteiger partial charge on any atom is 0.394 e. The summed E-state index contributed by atoms with van der Waals surface area (Å²) in [6.07, 6.45) is 9.08. The van der Waals surface area contributed by atoms with Crippen molar-refractivity contribution in [3.05, 3.63) is 0 Å². The van der Waals surface area contributed by atoms with Crippen LogP contribution in [-0.2, 0) is 9.59 Å². The largest absolute Gasteiger partial charge is 0.474 e. The van der Waals surface area contributed by atoms with Crippen molar-refractivity contribution in [1.29, 1.82) is 0 Å². The third-order valence-electron chi connectivity index (χ3n) is 5.48. The average Bonchev–Trinajstić information content (AvgIpc) is 2.25. The van der Waals surface area contributed by atoms with Gasteiger partial charge in [-0.15, -0.1) is 0 Å². The molecule has 4 aliphatic rings. The van der Waals surface area contributed by atoms with E-state index in [4.69, 9.17) is 5.11 Å². The van der Waals surface area contributed by atoms with Crippen LogP contribution in [0.1, 0.15) is 51.9 Å². The van der Waals surface area contributed by atoms with Crippen LogP contribution in [0.4, 0.5) is 0 Å². The van der Waals surface area contributed by atoms with Gasteiger partial charge in [0, 0.05) is 6.04 Å². The number of amides is 1. The van der Waals surface area contributed by atoms with Crippen molar-refractivity contribution in [3.63, 3.8) is 0 Å². The summed E-state index contributed by atoms with van der Waals surface area (Å²) in [6, 6.07) is -0.0279. The van der Waals surface area contributed by atoms with E-state index in [1.807, 2.05) is 6.92 Å². The first kappa shape index (κ1) is 12.9. The molecule has 4 aliphatic carbocycles. The van der Waals surface area contributed by atoms with Gasteiger partial charge >= 0.3 is 11.9 Å². The summed E-state index contributed by atoms with van der Waals surface area (Å²) < 4.78 is 0. The van der Waals surface area contributed by atoms with E-state index < -0.39 is 11.9 Å². The summed E-state index contributed by atoms with van der Waals surface area (Å²) in [5.74, 6) is 0.450. The van der Waals surface area contributed by atoms with Gasteiger partial charge in [0.2, 0.25) is 0 Å². The Balaban J connectivity index is 1.63. The van der Waals surface area contributed by atoms with Crippen molar-refractivity contribution >= 4 is 11.9 Å². The van der Waals surface area contributed by atoms with Gasteiger partial charge in [0.1, 0.15) is 0 Å². The maximum atomic E-state index is 11.2. The van der Waals surface area contributed by atoms with Crippen molar-refractivity contribution in [2.24, 2.45) is 23.2 Å². The molecule has 4 heteroatoms. The van der Waals surface area contributed by atoms with Crippen LogP contribution in [0, 0.1) is 23.2 Å². The number of carbonyl (C=O) groups excluding carboxylic acids is 1. The Morgan fingerprint density at radius 3 is 2.05 bits per heavy atom. The fourth-order valence-electron chi connectivity index (χ4n) is 5.53. The summed E-state index contributed by atoms with van der Waals surface area (Å²) in [7, 11) is 0. The standard InChI is InChI=1S/C15H23NO3/c1-9(16-13(17)14(18)19)5-15-6-10-2-11(7-15)4-12(3-10)8-15/h9-12H,2-8H2,1H3,(H,16,17)(H,18,19). The molecule has 106 valence electrons. The Morgan fingerprint density at radius 2 is 1.63 bits per heavy atom. The van der Waals surface area contributed by atoms with Gasteiger partial charge in [0.25, 0.3) is 0 Å². The minimum absolute atomic E-state index is 0.0279.